The lowest BCUT2D eigenvalue weighted by Gasteiger charge is -2.10. The Morgan fingerprint density at radius 2 is 1.90 bits per heavy atom. The fourth-order valence-electron chi connectivity index (χ4n) is 1.88. The number of rotatable bonds is 5. The van der Waals surface area contributed by atoms with Gasteiger partial charge in [0.2, 0.25) is 0 Å². The van der Waals surface area contributed by atoms with Gasteiger partial charge in [-0.25, -0.2) is 4.39 Å². The van der Waals surface area contributed by atoms with Crippen molar-refractivity contribution in [3.05, 3.63) is 63.9 Å². The number of ether oxygens (including phenoxy) is 1. The van der Waals surface area contributed by atoms with Crippen molar-refractivity contribution in [1.82, 2.24) is 0 Å². The van der Waals surface area contributed by atoms with Crippen molar-refractivity contribution in [3.8, 4) is 5.75 Å². The molecular weight excluding hydrogens is 323 g/mol. The summed E-state index contributed by atoms with van der Waals surface area (Å²) in [6.45, 7) is 2.23. The molecule has 20 heavy (non-hydrogen) atoms. The second-order valence-electron chi connectivity index (χ2n) is 4.56. The van der Waals surface area contributed by atoms with E-state index >= 15 is 0 Å². The predicted molar refractivity (Wildman–Crippen MR) is 80.1 cm³/mol. The Morgan fingerprint density at radius 1 is 1.20 bits per heavy atom. The summed E-state index contributed by atoms with van der Waals surface area (Å²) in [6, 6.07) is 12.0. The van der Waals surface area contributed by atoms with Crippen LogP contribution >= 0.6 is 15.9 Å². The maximum atomic E-state index is 13.2. The van der Waals surface area contributed by atoms with Crippen LogP contribution in [0, 0.1) is 5.82 Å². The van der Waals surface area contributed by atoms with Crippen LogP contribution in [0.15, 0.2) is 46.9 Å². The van der Waals surface area contributed by atoms with Crippen molar-refractivity contribution in [2.24, 2.45) is 0 Å². The van der Waals surface area contributed by atoms with E-state index in [1.807, 2.05) is 37.3 Å². The van der Waals surface area contributed by atoms with Gasteiger partial charge in [-0.3, -0.25) is 0 Å². The van der Waals surface area contributed by atoms with Crippen molar-refractivity contribution < 1.29 is 14.2 Å². The summed E-state index contributed by atoms with van der Waals surface area (Å²) in [7, 11) is 0. The summed E-state index contributed by atoms with van der Waals surface area (Å²) in [5.74, 6) is 0.400. The minimum atomic E-state index is -0.441. The highest BCUT2D eigenvalue weighted by Crippen LogP contribution is 2.21. The average molecular weight is 339 g/mol. The van der Waals surface area contributed by atoms with Crippen molar-refractivity contribution in [2.75, 3.05) is 0 Å². The van der Waals surface area contributed by atoms with Crippen molar-refractivity contribution in [2.45, 2.75) is 26.1 Å². The Bertz CT molecular complexity index is 549. The lowest BCUT2D eigenvalue weighted by molar-refractivity contribution is 0.173. The van der Waals surface area contributed by atoms with Gasteiger partial charge in [0.05, 0.1) is 6.10 Å². The lowest BCUT2D eigenvalue weighted by Crippen LogP contribution is -1.98. The number of aliphatic hydroxyl groups is 1. The Kier molecular flexibility index (Phi) is 5.15. The van der Waals surface area contributed by atoms with Gasteiger partial charge in [0.25, 0.3) is 0 Å². The Hall–Kier alpha value is -1.39. The van der Waals surface area contributed by atoms with Crippen LogP contribution in [0.1, 0.15) is 30.6 Å². The van der Waals surface area contributed by atoms with E-state index < -0.39 is 6.10 Å². The zero-order valence-corrected chi connectivity index (χ0v) is 12.7. The zero-order chi connectivity index (χ0) is 14.5. The number of benzene rings is 2. The molecule has 0 spiro atoms. The minimum Gasteiger partial charge on any atom is -0.489 e. The Labute approximate surface area is 126 Å². The van der Waals surface area contributed by atoms with E-state index in [9.17, 15) is 9.50 Å². The number of hydrogen-bond acceptors (Lipinski definition) is 2. The quantitative estimate of drug-likeness (QED) is 0.862. The van der Waals surface area contributed by atoms with Gasteiger partial charge in [-0.2, -0.15) is 0 Å². The highest BCUT2D eigenvalue weighted by molar-refractivity contribution is 9.10. The first-order chi connectivity index (χ1) is 9.58. The molecule has 0 unspecified atom stereocenters. The maximum Gasteiger partial charge on any atom is 0.124 e. The van der Waals surface area contributed by atoms with Crippen LogP contribution in [0.4, 0.5) is 4.39 Å². The van der Waals surface area contributed by atoms with Gasteiger partial charge in [0.15, 0.2) is 0 Å². The summed E-state index contributed by atoms with van der Waals surface area (Å²) >= 11 is 3.25. The fourth-order valence-corrected chi connectivity index (χ4v) is 2.40. The molecule has 0 bridgehead atoms. The zero-order valence-electron chi connectivity index (χ0n) is 11.1. The molecule has 106 valence electrons. The first-order valence-electron chi connectivity index (χ1n) is 6.44. The van der Waals surface area contributed by atoms with Crippen molar-refractivity contribution in [3.63, 3.8) is 0 Å². The third kappa shape index (κ3) is 4.05. The van der Waals surface area contributed by atoms with Gasteiger partial charge in [-0.15, -0.1) is 0 Å². The summed E-state index contributed by atoms with van der Waals surface area (Å²) in [5.41, 5.74) is 1.63. The Morgan fingerprint density at radius 3 is 2.50 bits per heavy atom. The van der Waals surface area contributed by atoms with E-state index in [-0.39, 0.29) is 5.82 Å². The van der Waals surface area contributed by atoms with Gasteiger partial charge in [0, 0.05) is 4.47 Å². The summed E-state index contributed by atoms with van der Waals surface area (Å²) in [4.78, 5) is 0. The highest BCUT2D eigenvalue weighted by atomic mass is 79.9. The highest BCUT2D eigenvalue weighted by Gasteiger charge is 2.05. The van der Waals surface area contributed by atoms with Crippen LogP contribution in [0.5, 0.6) is 5.75 Å². The summed E-state index contributed by atoms with van der Waals surface area (Å²) in [6.07, 6.45) is 0.237. The van der Waals surface area contributed by atoms with Crippen LogP contribution in [0.3, 0.4) is 0 Å². The van der Waals surface area contributed by atoms with Crippen LogP contribution in [0.2, 0.25) is 0 Å². The number of hydrogen-bond donors (Lipinski definition) is 1. The molecule has 2 nitrogen and oxygen atoms in total. The molecule has 2 aromatic rings. The number of halogens is 2. The molecule has 0 aromatic heterocycles. The second kappa shape index (κ2) is 6.86. The molecule has 0 heterocycles. The van der Waals surface area contributed by atoms with Crippen LogP contribution in [-0.4, -0.2) is 5.11 Å². The molecule has 0 saturated carbocycles. The molecule has 0 aliphatic carbocycles. The first kappa shape index (κ1) is 15.0. The van der Waals surface area contributed by atoms with E-state index in [1.54, 1.807) is 0 Å². The second-order valence-corrected chi connectivity index (χ2v) is 5.48. The molecule has 1 atom stereocenters. The molecule has 2 aromatic carbocycles. The summed E-state index contributed by atoms with van der Waals surface area (Å²) < 4.78 is 19.5. The van der Waals surface area contributed by atoms with Crippen LogP contribution in [0.25, 0.3) is 0 Å². The molecule has 0 aliphatic heterocycles. The number of aliphatic hydroxyl groups excluding tert-OH is 1. The first-order valence-corrected chi connectivity index (χ1v) is 7.23. The lowest BCUT2D eigenvalue weighted by atomic mass is 10.1. The third-order valence-electron chi connectivity index (χ3n) is 2.98. The largest absolute Gasteiger partial charge is 0.489 e. The molecule has 0 amide bonds. The molecule has 2 rings (SSSR count). The standard InChI is InChI=1S/C16H16BrFO2/c1-2-16(19)12-3-5-15(6-4-12)20-10-11-7-13(17)9-14(18)8-11/h3-9,16,19H,2,10H2,1H3/t16-/m1/s1. The van der Waals surface area contributed by atoms with E-state index in [2.05, 4.69) is 15.9 Å². The SMILES string of the molecule is CC[C@@H](O)c1ccc(OCc2cc(F)cc(Br)c2)cc1. The van der Waals surface area contributed by atoms with Gasteiger partial charge >= 0.3 is 0 Å². The predicted octanol–water partition coefficient (Wildman–Crippen LogP) is 4.61. The van der Waals surface area contributed by atoms with Crippen molar-refractivity contribution >= 4 is 15.9 Å². The topological polar surface area (TPSA) is 29.5 Å². The van der Waals surface area contributed by atoms with E-state index in [0.29, 0.717) is 23.2 Å². The molecule has 0 saturated heterocycles. The minimum absolute atomic E-state index is 0.292. The summed E-state index contributed by atoms with van der Waals surface area (Å²) in [5, 5.41) is 9.70. The molecule has 4 heteroatoms. The molecule has 1 N–H and O–H groups in total. The Balaban J connectivity index is 2.00. The molecule has 0 radical (unpaired) electrons. The van der Waals surface area contributed by atoms with Crippen LogP contribution < -0.4 is 4.74 Å². The van der Waals surface area contributed by atoms with Gasteiger partial charge in [-0.1, -0.05) is 35.0 Å². The van der Waals surface area contributed by atoms with Crippen molar-refractivity contribution in [1.29, 1.82) is 0 Å². The maximum absolute atomic E-state index is 13.2. The monoisotopic (exact) mass is 338 g/mol. The fraction of sp³-hybridized carbons (Fsp3) is 0.250. The molecule has 0 fully saturated rings. The van der Waals surface area contributed by atoms with E-state index in [4.69, 9.17) is 4.74 Å². The van der Waals surface area contributed by atoms with Gasteiger partial charge in [-0.05, 0) is 47.9 Å². The van der Waals surface area contributed by atoms with Gasteiger partial charge < -0.3 is 9.84 Å². The average Bonchev–Trinajstić information content (AvgIpc) is 2.44. The van der Waals surface area contributed by atoms with Gasteiger partial charge in [0.1, 0.15) is 18.2 Å². The van der Waals surface area contributed by atoms with Crippen LogP contribution in [-0.2, 0) is 6.61 Å². The third-order valence-corrected chi connectivity index (χ3v) is 3.44. The molecule has 0 aliphatic rings. The smallest absolute Gasteiger partial charge is 0.124 e. The van der Waals surface area contributed by atoms with E-state index in [0.717, 1.165) is 11.1 Å². The van der Waals surface area contributed by atoms with E-state index in [1.165, 1.54) is 12.1 Å². The molecular formula is C16H16BrFO2. The normalized spacial score (nSPS) is 12.2.